The fourth-order valence-corrected chi connectivity index (χ4v) is 4.58. The molecule has 1 atom stereocenters. The van der Waals surface area contributed by atoms with Crippen molar-refractivity contribution in [1.29, 1.82) is 0 Å². The maximum Gasteiger partial charge on any atom is 0.231 e. The van der Waals surface area contributed by atoms with Gasteiger partial charge in [0.25, 0.3) is 0 Å². The molecule has 0 spiro atoms. The van der Waals surface area contributed by atoms with E-state index in [0.717, 1.165) is 56.5 Å². The lowest BCUT2D eigenvalue weighted by Crippen LogP contribution is -2.48. The Labute approximate surface area is 195 Å². The predicted octanol–water partition coefficient (Wildman–Crippen LogP) is 3.45. The number of hydrogen-bond acceptors (Lipinski definition) is 7. The van der Waals surface area contributed by atoms with Gasteiger partial charge in [-0.05, 0) is 54.0 Å². The Morgan fingerprint density at radius 2 is 1.73 bits per heavy atom. The maximum absolute atomic E-state index is 5.54. The minimum Gasteiger partial charge on any atom is -0.454 e. The minimum absolute atomic E-state index is 0.0275. The number of benzene rings is 2. The largest absolute Gasteiger partial charge is 0.454 e. The average Bonchev–Trinajstić information content (AvgIpc) is 3.51. The van der Waals surface area contributed by atoms with Crippen molar-refractivity contribution >= 4 is 0 Å². The van der Waals surface area contributed by atoms with Gasteiger partial charge in [0.2, 0.25) is 6.79 Å². The van der Waals surface area contributed by atoms with Gasteiger partial charge in [-0.1, -0.05) is 43.3 Å². The molecule has 8 heteroatoms. The van der Waals surface area contributed by atoms with E-state index in [0.29, 0.717) is 6.79 Å². The van der Waals surface area contributed by atoms with E-state index < -0.39 is 0 Å². The summed E-state index contributed by atoms with van der Waals surface area (Å²) in [6, 6.07) is 16.9. The second kappa shape index (κ2) is 9.11. The number of aromatic nitrogens is 4. The Hall–Kier alpha value is -2.97. The van der Waals surface area contributed by atoms with E-state index in [1.165, 1.54) is 11.1 Å². The molecular formula is C25H32N6O2. The first-order chi connectivity index (χ1) is 16.0. The Morgan fingerprint density at radius 1 is 0.970 bits per heavy atom. The van der Waals surface area contributed by atoms with Crippen LogP contribution in [0.15, 0.2) is 48.5 Å². The lowest BCUT2D eigenvalue weighted by Gasteiger charge is -2.39. The molecule has 0 unspecified atom stereocenters. The second-order valence-corrected chi connectivity index (χ2v) is 9.43. The standard InChI is InChI=1S/C25H32N6O2/c1-4-25(2,3)31-24(26-27-28-31)23(20-8-6-5-7-9-20)30-14-12-29(13-15-30)17-19-10-11-21-22(16-19)33-18-32-21/h5-11,16,23H,4,12-15,17-18H2,1-3H3/t23-/m1/s1. The van der Waals surface area contributed by atoms with Gasteiger partial charge in [-0.2, -0.15) is 0 Å². The lowest BCUT2D eigenvalue weighted by atomic mass is 9.99. The van der Waals surface area contributed by atoms with Crippen molar-refractivity contribution in [3.05, 3.63) is 65.5 Å². The van der Waals surface area contributed by atoms with Crippen molar-refractivity contribution in [2.75, 3.05) is 33.0 Å². The third kappa shape index (κ3) is 4.45. The molecule has 8 nitrogen and oxygen atoms in total. The number of nitrogens with zero attached hydrogens (tertiary/aromatic N) is 6. The van der Waals surface area contributed by atoms with Gasteiger partial charge in [-0.3, -0.25) is 9.80 Å². The fourth-order valence-electron chi connectivity index (χ4n) is 4.58. The Kier molecular flexibility index (Phi) is 6.03. The zero-order chi connectivity index (χ0) is 22.8. The molecule has 0 aliphatic carbocycles. The van der Waals surface area contributed by atoms with Gasteiger partial charge in [-0.25, -0.2) is 4.68 Å². The Balaban J connectivity index is 1.34. The molecule has 5 rings (SSSR count). The van der Waals surface area contributed by atoms with Crippen molar-refractivity contribution in [2.24, 2.45) is 0 Å². The molecule has 2 aliphatic rings. The number of piperazine rings is 1. The van der Waals surface area contributed by atoms with E-state index in [1.54, 1.807) is 0 Å². The Bertz CT molecular complexity index is 1080. The number of hydrogen-bond donors (Lipinski definition) is 0. The summed E-state index contributed by atoms with van der Waals surface area (Å²) in [7, 11) is 0. The summed E-state index contributed by atoms with van der Waals surface area (Å²) < 4.78 is 13.0. The molecule has 3 heterocycles. The van der Waals surface area contributed by atoms with Crippen molar-refractivity contribution in [3.63, 3.8) is 0 Å². The van der Waals surface area contributed by atoms with Gasteiger partial charge in [-0.15, -0.1) is 5.10 Å². The van der Waals surface area contributed by atoms with Crippen molar-refractivity contribution < 1.29 is 9.47 Å². The number of ether oxygens (including phenoxy) is 2. The number of tetrazole rings is 1. The molecule has 33 heavy (non-hydrogen) atoms. The molecule has 2 aromatic carbocycles. The van der Waals surface area contributed by atoms with Gasteiger partial charge < -0.3 is 9.47 Å². The van der Waals surface area contributed by atoms with E-state index in [2.05, 4.69) is 88.6 Å². The zero-order valence-electron chi connectivity index (χ0n) is 19.6. The molecule has 0 bridgehead atoms. The lowest BCUT2D eigenvalue weighted by molar-refractivity contribution is 0.0972. The van der Waals surface area contributed by atoms with Crippen molar-refractivity contribution in [3.8, 4) is 11.5 Å². The van der Waals surface area contributed by atoms with Crippen molar-refractivity contribution in [1.82, 2.24) is 30.0 Å². The molecule has 0 N–H and O–H groups in total. The van der Waals surface area contributed by atoms with Crippen LogP contribution < -0.4 is 9.47 Å². The highest BCUT2D eigenvalue weighted by atomic mass is 16.7. The monoisotopic (exact) mass is 448 g/mol. The second-order valence-electron chi connectivity index (χ2n) is 9.43. The van der Waals surface area contributed by atoms with Crippen LogP contribution in [0, 0.1) is 0 Å². The van der Waals surface area contributed by atoms with Gasteiger partial charge in [0.05, 0.1) is 11.6 Å². The first-order valence-electron chi connectivity index (χ1n) is 11.7. The van der Waals surface area contributed by atoms with E-state index >= 15 is 0 Å². The number of rotatable bonds is 7. The average molecular weight is 449 g/mol. The van der Waals surface area contributed by atoms with Crippen molar-refractivity contribution in [2.45, 2.75) is 45.3 Å². The predicted molar refractivity (Wildman–Crippen MR) is 125 cm³/mol. The van der Waals surface area contributed by atoms with E-state index in [4.69, 9.17) is 9.47 Å². The van der Waals surface area contributed by atoms with Gasteiger partial charge in [0.1, 0.15) is 0 Å². The molecule has 1 saturated heterocycles. The summed E-state index contributed by atoms with van der Waals surface area (Å²) in [5, 5.41) is 13.0. The van der Waals surface area contributed by atoms with Crippen LogP contribution in [0.1, 0.15) is 50.2 Å². The Morgan fingerprint density at radius 3 is 2.48 bits per heavy atom. The highest BCUT2D eigenvalue weighted by Crippen LogP contribution is 2.34. The highest BCUT2D eigenvalue weighted by Gasteiger charge is 2.34. The molecule has 1 fully saturated rings. The minimum atomic E-state index is -0.146. The molecule has 174 valence electrons. The summed E-state index contributed by atoms with van der Waals surface area (Å²) in [6.45, 7) is 11.6. The smallest absolute Gasteiger partial charge is 0.231 e. The van der Waals surface area contributed by atoms with E-state index in [9.17, 15) is 0 Å². The first-order valence-corrected chi connectivity index (χ1v) is 11.7. The van der Waals surface area contributed by atoms with Gasteiger partial charge in [0, 0.05) is 32.7 Å². The summed E-state index contributed by atoms with van der Waals surface area (Å²) >= 11 is 0. The summed E-state index contributed by atoms with van der Waals surface area (Å²) in [5.41, 5.74) is 2.33. The molecule has 2 aliphatic heterocycles. The van der Waals surface area contributed by atoms with Crippen LogP contribution in [0.5, 0.6) is 11.5 Å². The molecule has 3 aromatic rings. The van der Waals surface area contributed by atoms with E-state index in [-0.39, 0.29) is 11.6 Å². The molecular weight excluding hydrogens is 416 g/mol. The van der Waals surface area contributed by atoms with Crippen LogP contribution in [0.25, 0.3) is 0 Å². The molecule has 1 aromatic heterocycles. The van der Waals surface area contributed by atoms with Gasteiger partial charge >= 0.3 is 0 Å². The van der Waals surface area contributed by atoms with Crippen LogP contribution in [-0.4, -0.2) is 63.0 Å². The van der Waals surface area contributed by atoms with Crippen LogP contribution in [0.4, 0.5) is 0 Å². The summed E-state index contributed by atoms with van der Waals surface area (Å²) in [6.07, 6.45) is 0.954. The third-order valence-corrected chi connectivity index (χ3v) is 6.91. The van der Waals surface area contributed by atoms with Crippen LogP contribution in [0.2, 0.25) is 0 Å². The molecule has 0 radical (unpaired) electrons. The fraction of sp³-hybridized carbons (Fsp3) is 0.480. The SMILES string of the molecule is CCC(C)(C)n1nnnc1[C@@H](c1ccccc1)N1CCN(Cc2ccc3c(c2)OCO3)CC1. The normalized spacial score (nSPS) is 17.9. The van der Waals surface area contributed by atoms with Crippen LogP contribution >= 0.6 is 0 Å². The first kappa shape index (κ1) is 21.9. The summed E-state index contributed by atoms with van der Waals surface area (Å²) in [4.78, 5) is 5.01. The molecule has 0 amide bonds. The van der Waals surface area contributed by atoms with Gasteiger partial charge in [0.15, 0.2) is 17.3 Å². The highest BCUT2D eigenvalue weighted by molar-refractivity contribution is 5.44. The van der Waals surface area contributed by atoms with E-state index in [1.807, 2.05) is 10.7 Å². The quantitative estimate of drug-likeness (QED) is 0.548. The number of fused-ring (bicyclic) bond motifs is 1. The maximum atomic E-state index is 5.54. The van der Waals surface area contributed by atoms with Crippen LogP contribution in [0.3, 0.4) is 0 Å². The zero-order valence-corrected chi connectivity index (χ0v) is 19.6. The van der Waals surface area contributed by atoms with Crippen LogP contribution in [-0.2, 0) is 12.1 Å². The topological polar surface area (TPSA) is 68.5 Å². The third-order valence-electron chi connectivity index (χ3n) is 6.91. The molecule has 0 saturated carbocycles. The summed E-state index contributed by atoms with van der Waals surface area (Å²) in [5.74, 6) is 2.60.